The fourth-order valence-electron chi connectivity index (χ4n) is 0.966. The molecule has 4 N–H and O–H groups in total. The minimum atomic E-state index is -0.507. The van der Waals surface area contributed by atoms with Gasteiger partial charge in [0, 0.05) is 0 Å². The Bertz CT molecular complexity index is 448. The van der Waals surface area contributed by atoms with E-state index >= 15 is 0 Å². The number of nitrogen functional groups attached to an aromatic ring is 1. The summed E-state index contributed by atoms with van der Waals surface area (Å²) in [6.45, 7) is 5.58. The summed E-state index contributed by atoms with van der Waals surface area (Å²) in [5.74, 6) is 5.93. The van der Waals surface area contributed by atoms with Gasteiger partial charge in [0.2, 0.25) is 0 Å². The normalized spacial score (nSPS) is 10.3. The molecule has 0 aromatic carbocycles. The Morgan fingerprint density at radius 1 is 1.65 bits per heavy atom. The summed E-state index contributed by atoms with van der Waals surface area (Å²) in [5, 5.41) is 8.80. The van der Waals surface area contributed by atoms with E-state index in [4.69, 9.17) is 10.5 Å². The summed E-state index contributed by atoms with van der Waals surface area (Å²) in [5.41, 5.74) is 5.63. The first-order chi connectivity index (χ1) is 7.88. The van der Waals surface area contributed by atoms with Crippen molar-refractivity contribution < 1.29 is 9.53 Å². The van der Waals surface area contributed by atoms with Gasteiger partial charge in [0.1, 0.15) is 11.4 Å². The molecule has 6 heteroatoms. The van der Waals surface area contributed by atoms with Crippen LogP contribution in [0.4, 0.5) is 10.6 Å². The number of carbonyl (C=O) groups excluding carboxylic acids is 1. The number of nitrogens with zero attached hydrogens (tertiary/aromatic N) is 1. The van der Waals surface area contributed by atoms with Crippen LogP contribution in [-0.4, -0.2) is 28.4 Å². The van der Waals surface area contributed by atoms with E-state index in [0.29, 0.717) is 11.4 Å². The Kier molecular flexibility index (Phi) is 3.99. The number of hydrogen-bond donors (Lipinski definition) is 3. The molecule has 0 fully saturated rings. The number of rotatable bonds is 1. The minimum Gasteiger partial charge on any atom is -0.444 e. The molecule has 1 aromatic heterocycles. The first kappa shape index (κ1) is 12.9. The highest BCUT2D eigenvalue weighted by atomic mass is 16.6. The van der Waals surface area contributed by atoms with Crippen molar-refractivity contribution in [3.63, 3.8) is 0 Å². The van der Waals surface area contributed by atoms with E-state index in [1.165, 1.54) is 6.20 Å². The second kappa shape index (κ2) is 5.25. The van der Waals surface area contributed by atoms with Gasteiger partial charge < -0.3 is 15.8 Å². The third kappa shape index (κ3) is 4.93. The van der Waals surface area contributed by atoms with E-state index in [1.807, 2.05) is 0 Å². The van der Waals surface area contributed by atoms with Crippen LogP contribution < -0.4 is 11.1 Å². The summed E-state index contributed by atoms with van der Waals surface area (Å²) in [4.78, 5) is 11.2. The lowest BCUT2D eigenvalue weighted by atomic mass is 10.2. The molecule has 0 spiro atoms. The standard InChI is InChI=1S/C11H16N4O2/c1-11(2,3)17-10(16)13-6-4-5-8-7-14-15-9(8)12/h7H,6H2,1-3H3,(H,13,16)(H3,12,14,15). The minimum absolute atomic E-state index is 0.194. The van der Waals surface area contributed by atoms with Crippen LogP contribution in [-0.2, 0) is 4.74 Å². The number of ether oxygens (including phenoxy) is 1. The molecule has 1 heterocycles. The van der Waals surface area contributed by atoms with Crippen molar-refractivity contribution in [3.8, 4) is 11.8 Å². The molecule has 17 heavy (non-hydrogen) atoms. The second-order valence-electron chi connectivity index (χ2n) is 4.35. The first-order valence-electron chi connectivity index (χ1n) is 5.13. The highest BCUT2D eigenvalue weighted by Crippen LogP contribution is 2.06. The van der Waals surface area contributed by atoms with Gasteiger partial charge in [-0.15, -0.1) is 0 Å². The van der Waals surface area contributed by atoms with E-state index in [2.05, 4.69) is 27.4 Å². The maximum atomic E-state index is 11.2. The van der Waals surface area contributed by atoms with E-state index in [9.17, 15) is 4.79 Å². The van der Waals surface area contributed by atoms with Gasteiger partial charge in [0.25, 0.3) is 0 Å². The fraction of sp³-hybridized carbons (Fsp3) is 0.455. The average Bonchev–Trinajstić information content (AvgIpc) is 2.56. The van der Waals surface area contributed by atoms with Gasteiger partial charge >= 0.3 is 6.09 Å². The van der Waals surface area contributed by atoms with Crippen molar-refractivity contribution in [2.24, 2.45) is 0 Å². The van der Waals surface area contributed by atoms with Crippen LogP contribution in [0, 0.1) is 11.8 Å². The van der Waals surface area contributed by atoms with Gasteiger partial charge in [-0.2, -0.15) is 5.10 Å². The second-order valence-corrected chi connectivity index (χ2v) is 4.35. The molecule has 0 atom stereocenters. The number of aromatic nitrogens is 2. The quantitative estimate of drug-likeness (QED) is 0.631. The number of H-pyrrole nitrogens is 1. The van der Waals surface area contributed by atoms with Crippen molar-refractivity contribution in [1.82, 2.24) is 15.5 Å². The number of amides is 1. The van der Waals surface area contributed by atoms with Crippen molar-refractivity contribution in [2.75, 3.05) is 12.3 Å². The summed E-state index contributed by atoms with van der Waals surface area (Å²) in [6, 6.07) is 0. The number of nitrogens with one attached hydrogen (secondary N) is 2. The maximum Gasteiger partial charge on any atom is 0.408 e. The van der Waals surface area contributed by atoms with Crippen molar-refractivity contribution in [2.45, 2.75) is 26.4 Å². The SMILES string of the molecule is CC(C)(C)OC(=O)NCC#Cc1cn[nH]c1N. The molecule has 1 rings (SSSR count). The maximum absolute atomic E-state index is 11.2. The third-order valence-electron chi connectivity index (χ3n) is 1.61. The number of hydrogen-bond acceptors (Lipinski definition) is 4. The summed E-state index contributed by atoms with van der Waals surface area (Å²) < 4.78 is 5.04. The summed E-state index contributed by atoms with van der Waals surface area (Å²) in [6.07, 6.45) is 1.03. The molecule has 0 saturated carbocycles. The molecule has 0 unspecified atom stereocenters. The van der Waals surface area contributed by atoms with Gasteiger partial charge in [-0.25, -0.2) is 4.79 Å². The molecule has 0 aliphatic carbocycles. The molecule has 1 aromatic rings. The first-order valence-corrected chi connectivity index (χ1v) is 5.13. The van der Waals surface area contributed by atoms with Crippen LogP contribution in [0.2, 0.25) is 0 Å². The molecule has 92 valence electrons. The highest BCUT2D eigenvalue weighted by Gasteiger charge is 2.14. The number of aromatic amines is 1. The number of alkyl carbamates (subject to hydrolysis) is 1. The summed E-state index contributed by atoms with van der Waals surface area (Å²) >= 11 is 0. The van der Waals surface area contributed by atoms with Crippen molar-refractivity contribution >= 4 is 11.9 Å². The lowest BCUT2D eigenvalue weighted by molar-refractivity contribution is 0.0535. The topological polar surface area (TPSA) is 93.0 Å². The Labute approximate surface area is 99.9 Å². The molecule has 1 amide bonds. The van der Waals surface area contributed by atoms with Crippen LogP contribution in [0.5, 0.6) is 0 Å². The molecule has 0 bridgehead atoms. The fourth-order valence-corrected chi connectivity index (χ4v) is 0.966. The lowest BCUT2D eigenvalue weighted by Gasteiger charge is -2.18. The Morgan fingerprint density at radius 3 is 2.88 bits per heavy atom. The Morgan fingerprint density at radius 2 is 2.35 bits per heavy atom. The van der Waals surface area contributed by atoms with Crippen LogP contribution in [0.15, 0.2) is 6.20 Å². The molecular weight excluding hydrogens is 220 g/mol. The third-order valence-corrected chi connectivity index (χ3v) is 1.61. The highest BCUT2D eigenvalue weighted by molar-refractivity contribution is 5.68. The smallest absolute Gasteiger partial charge is 0.408 e. The van der Waals surface area contributed by atoms with E-state index in [1.54, 1.807) is 20.8 Å². The summed E-state index contributed by atoms with van der Waals surface area (Å²) in [7, 11) is 0. The predicted molar refractivity (Wildman–Crippen MR) is 64.1 cm³/mol. The zero-order chi connectivity index (χ0) is 12.9. The van der Waals surface area contributed by atoms with Crippen LogP contribution >= 0.6 is 0 Å². The molecule has 0 radical (unpaired) electrons. The number of carbonyl (C=O) groups is 1. The predicted octanol–water partition coefficient (Wildman–Crippen LogP) is 0.868. The molecule has 0 saturated heterocycles. The Hall–Kier alpha value is -2.16. The largest absolute Gasteiger partial charge is 0.444 e. The van der Waals surface area contributed by atoms with Gasteiger partial charge in [0.05, 0.1) is 18.3 Å². The zero-order valence-corrected chi connectivity index (χ0v) is 10.1. The van der Waals surface area contributed by atoms with Gasteiger partial charge in [-0.05, 0) is 20.8 Å². The van der Waals surface area contributed by atoms with Gasteiger partial charge in [-0.1, -0.05) is 11.8 Å². The monoisotopic (exact) mass is 236 g/mol. The van der Waals surface area contributed by atoms with Crippen LogP contribution in [0.3, 0.4) is 0 Å². The van der Waals surface area contributed by atoms with E-state index in [-0.39, 0.29) is 6.54 Å². The van der Waals surface area contributed by atoms with Crippen LogP contribution in [0.1, 0.15) is 26.3 Å². The van der Waals surface area contributed by atoms with Gasteiger partial charge in [-0.3, -0.25) is 5.10 Å². The molecular formula is C11H16N4O2. The zero-order valence-electron chi connectivity index (χ0n) is 10.1. The molecule has 0 aliphatic rings. The van der Waals surface area contributed by atoms with Crippen LogP contribution in [0.25, 0.3) is 0 Å². The van der Waals surface area contributed by atoms with Crippen molar-refractivity contribution in [1.29, 1.82) is 0 Å². The van der Waals surface area contributed by atoms with Crippen molar-refractivity contribution in [3.05, 3.63) is 11.8 Å². The number of nitrogens with two attached hydrogens (primary N) is 1. The van der Waals surface area contributed by atoms with Gasteiger partial charge in [0.15, 0.2) is 0 Å². The molecule has 6 nitrogen and oxygen atoms in total. The molecule has 0 aliphatic heterocycles. The lowest BCUT2D eigenvalue weighted by Crippen LogP contribution is -2.32. The average molecular weight is 236 g/mol. The van der Waals surface area contributed by atoms with E-state index in [0.717, 1.165) is 0 Å². The Balaban J connectivity index is 2.36. The number of anilines is 1. The van der Waals surface area contributed by atoms with E-state index < -0.39 is 11.7 Å².